The van der Waals surface area contributed by atoms with Gasteiger partial charge in [0.1, 0.15) is 0 Å². The molecule has 2 amide bonds. The second kappa shape index (κ2) is 8.45. The molecule has 0 aliphatic carbocycles. The summed E-state index contributed by atoms with van der Waals surface area (Å²) in [5, 5.41) is 9.03. The van der Waals surface area contributed by atoms with Crippen molar-refractivity contribution in [1.29, 1.82) is 0 Å². The minimum Gasteiger partial charge on any atom is -0.338 e. The third kappa shape index (κ3) is 5.11. The quantitative estimate of drug-likeness (QED) is 0.812. The number of carbonyl (C=O) groups is 2. The molecular formula is C19H21F3N4O2. The molecule has 0 unspecified atom stereocenters. The monoisotopic (exact) mass is 394 g/mol. The van der Waals surface area contributed by atoms with E-state index < -0.39 is 11.7 Å². The van der Waals surface area contributed by atoms with E-state index in [9.17, 15) is 22.8 Å². The minimum absolute atomic E-state index is 0.0762. The van der Waals surface area contributed by atoms with Gasteiger partial charge in [0.05, 0.1) is 17.3 Å². The first-order valence-electron chi connectivity index (χ1n) is 9.08. The van der Waals surface area contributed by atoms with Gasteiger partial charge in [-0.3, -0.25) is 14.7 Å². The number of carbonyl (C=O) groups excluding carboxylic acids is 2. The molecule has 9 heteroatoms. The van der Waals surface area contributed by atoms with E-state index in [4.69, 9.17) is 0 Å². The zero-order valence-electron chi connectivity index (χ0n) is 15.1. The summed E-state index contributed by atoms with van der Waals surface area (Å²) in [5.41, 5.74) is 0.0918. The van der Waals surface area contributed by atoms with Crippen LogP contribution in [0.25, 0.3) is 0 Å². The second-order valence-corrected chi connectivity index (χ2v) is 6.91. The van der Waals surface area contributed by atoms with Gasteiger partial charge < -0.3 is 10.2 Å². The number of hydrogen-bond acceptors (Lipinski definition) is 3. The number of aromatic nitrogens is 2. The SMILES string of the molecule is O=C(CC[C@H]1CCCN(C(=O)c2cn[nH]c2)C1)Nc1ccc(C(F)(F)F)cc1. The van der Waals surface area contributed by atoms with Crippen molar-refractivity contribution in [2.45, 2.75) is 31.9 Å². The number of nitrogens with zero attached hydrogens (tertiary/aromatic N) is 2. The highest BCUT2D eigenvalue weighted by Crippen LogP contribution is 2.30. The van der Waals surface area contributed by atoms with Gasteiger partial charge in [-0.25, -0.2) is 0 Å². The fraction of sp³-hybridized carbons (Fsp3) is 0.421. The molecule has 0 radical (unpaired) electrons. The molecule has 2 N–H and O–H groups in total. The van der Waals surface area contributed by atoms with Crippen molar-refractivity contribution in [3.8, 4) is 0 Å². The molecule has 6 nitrogen and oxygen atoms in total. The number of halogens is 3. The molecule has 150 valence electrons. The number of amides is 2. The van der Waals surface area contributed by atoms with Crippen molar-refractivity contribution in [2.75, 3.05) is 18.4 Å². The molecule has 2 heterocycles. The number of hydrogen-bond donors (Lipinski definition) is 2. The van der Waals surface area contributed by atoms with Crippen LogP contribution in [0.1, 0.15) is 41.6 Å². The molecule has 1 aliphatic rings. The second-order valence-electron chi connectivity index (χ2n) is 6.91. The third-order valence-electron chi connectivity index (χ3n) is 4.83. The smallest absolute Gasteiger partial charge is 0.338 e. The van der Waals surface area contributed by atoms with Crippen molar-refractivity contribution < 1.29 is 22.8 Å². The predicted molar refractivity (Wildman–Crippen MR) is 96.5 cm³/mol. The van der Waals surface area contributed by atoms with E-state index in [-0.39, 0.29) is 24.2 Å². The van der Waals surface area contributed by atoms with Crippen molar-refractivity contribution in [3.63, 3.8) is 0 Å². The van der Waals surface area contributed by atoms with Crippen LogP contribution >= 0.6 is 0 Å². The molecule has 0 bridgehead atoms. The lowest BCUT2D eigenvalue weighted by atomic mass is 9.93. The number of anilines is 1. The van der Waals surface area contributed by atoms with Crippen molar-refractivity contribution in [3.05, 3.63) is 47.8 Å². The van der Waals surface area contributed by atoms with Gasteiger partial charge in [0.2, 0.25) is 5.91 Å². The number of benzene rings is 1. The lowest BCUT2D eigenvalue weighted by Gasteiger charge is -2.32. The zero-order chi connectivity index (χ0) is 20.1. The number of piperidine rings is 1. The molecule has 1 aromatic carbocycles. The van der Waals surface area contributed by atoms with Crippen LogP contribution in [0, 0.1) is 5.92 Å². The van der Waals surface area contributed by atoms with Crippen molar-refractivity contribution in [2.24, 2.45) is 5.92 Å². The van der Waals surface area contributed by atoms with Crippen LogP contribution in [0.15, 0.2) is 36.7 Å². The van der Waals surface area contributed by atoms with E-state index in [0.29, 0.717) is 30.8 Å². The van der Waals surface area contributed by atoms with Crippen LogP contribution < -0.4 is 5.32 Å². The summed E-state index contributed by atoms with van der Waals surface area (Å²) in [6.07, 6.45) is 1.31. The number of H-pyrrole nitrogens is 1. The van der Waals surface area contributed by atoms with Crippen LogP contribution in [-0.2, 0) is 11.0 Å². The molecule has 1 aliphatic heterocycles. The highest BCUT2D eigenvalue weighted by molar-refractivity contribution is 5.93. The lowest BCUT2D eigenvalue weighted by Crippen LogP contribution is -2.40. The average molecular weight is 394 g/mol. The lowest BCUT2D eigenvalue weighted by molar-refractivity contribution is -0.137. The zero-order valence-corrected chi connectivity index (χ0v) is 15.1. The fourth-order valence-corrected chi connectivity index (χ4v) is 3.34. The Morgan fingerprint density at radius 1 is 1.25 bits per heavy atom. The molecule has 1 saturated heterocycles. The van der Waals surface area contributed by atoms with Crippen molar-refractivity contribution in [1.82, 2.24) is 15.1 Å². The Morgan fingerprint density at radius 2 is 2.00 bits per heavy atom. The number of aromatic amines is 1. The third-order valence-corrected chi connectivity index (χ3v) is 4.83. The molecule has 1 fully saturated rings. The largest absolute Gasteiger partial charge is 0.416 e. The molecule has 0 saturated carbocycles. The van der Waals surface area contributed by atoms with E-state index in [1.54, 1.807) is 11.1 Å². The Labute approximate surface area is 160 Å². The Balaban J connectivity index is 1.47. The Hall–Kier alpha value is -2.84. The Kier molecular flexibility index (Phi) is 6.01. The molecule has 28 heavy (non-hydrogen) atoms. The molecular weight excluding hydrogens is 373 g/mol. The van der Waals surface area contributed by atoms with Gasteiger partial charge in [0, 0.05) is 31.4 Å². The summed E-state index contributed by atoms with van der Waals surface area (Å²) in [7, 11) is 0. The fourth-order valence-electron chi connectivity index (χ4n) is 3.34. The first-order valence-corrected chi connectivity index (χ1v) is 9.08. The van der Waals surface area contributed by atoms with Crippen molar-refractivity contribution >= 4 is 17.5 Å². The van der Waals surface area contributed by atoms with Gasteiger partial charge in [-0.15, -0.1) is 0 Å². The molecule has 3 rings (SSSR count). The summed E-state index contributed by atoms with van der Waals surface area (Å²) in [4.78, 5) is 26.3. The number of rotatable bonds is 5. The summed E-state index contributed by atoms with van der Waals surface area (Å²) in [5.74, 6) is -0.117. The molecule has 1 atom stereocenters. The van der Waals surface area contributed by atoms with Crippen LogP contribution in [0.3, 0.4) is 0 Å². The van der Waals surface area contributed by atoms with Crippen LogP contribution in [-0.4, -0.2) is 40.0 Å². The van der Waals surface area contributed by atoms with E-state index in [1.807, 2.05) is 0 Å². The maximum atomic E-state index is 12.6. The van der Waals surface area contributed by atoms with Crippen LogP contribution in [0.4, 0.5) is 18.9 Å². The van der Waals surface area contributed by atoms with E-state index in [2.05, 4.69) is 15.5 Å². The van der Waals surface area contributed by atoms with Crippen LogP contribution in [0.2, 0.25) is 0 Å². The maximum Gasteiger partial charge on any atom is 0.416 e. The van der Waals surface area contributed by atoms with Gasteiger partial charge >= 0.3 is 6.18 Å². The number of alkyl halides is 3. The highest BCUT2D eigenvalue weighted by Gasteiger charge is 2.30. The van der Waals surface area contributed by atoms with Crippen LogP contribution in [0.5, 0.6) is 0 Å². The molecule has 2 aromatic rings. The molecule has 1 aromatic heterocycles. The molecule has 0 spiro atoms. The summed E-state index contributed by atoms with van der Waals surface area (Å²) < 4.78 is 37.7. The van der Waals surface area contributed by atoms with E-state index in [0.717, 1.165) is 25.0 Å². The predicted octanol–water partition coefficient (Wildman–Crippen LogP) is 3.70. The Bertz CT molecular complexity index is 804. The summed E-state index contributed by atoms with van der Waals surface area (Å²) in [6, 6.07) is 4.37. The van der Waals surface area contributed by atoms with Gasteiger partial charge in [0.15, 0.2) is 0 Å². The maximum absolute atomic E-state index is 12.6. The number of likely N-dealkylation sites (tertiary alicyclic amines) is 1. The highest BCUT2D eigenvalue weighted by atomic mass is 19.4. The average Bonchev–Trinajstić information content (AvgIpc) is 3.20. The summed E-state index contributed by atoms with van der Waals surface area (Å²) >= 11 is 0. The van der Waals surface area contributed by atoms with Gasteiger partial charge in [-0.05, 0) is 49.4 Å². The Morgan fingerprint density at radius 3 is 2.64 bits per heavy atom. The van der Waals surface area contributed by atoms with Gasteiger partial charge in [-0.2, -0.15) is 18.3 Å². The normalized spacial score (nSPS) is 17.4. The number of nitrogens with one attached hydrogen (secondary N) is 2. The van der Waals surface area contributed by atoms with Gasteiger partial charge in [0.25, 0.3) is 5.91 Å². The first kappa shape index (κ1) is 19.9. The standard InChI is InChI=1S/C19H21F3N4O2/c20-19(21,22)15-4-6-16(7-5-15)25-17(27)8-3-13-2-1-9-26(12-13)18(28)14-10-23-24-11-14/h4-7,10-11,13H,1-3,8-9,12H2,(H,23,24)(H,25,27)/t13-/m1/s1. The summed E-state index contributed by atoms with van der Waals surface area (Å²) in [6.45, 7) is 1.26. The first-order chi connectivity index (χ1) is 13.3. The van der Waals surface area contributed by atoms with E-state index in [1.165, 1.54) is 18.3 Å². The van der Waals surface area contributed by atoms with Gasteiger partial charge in [-0.1, -0.05) is 0 Å². The van der Waals surface area contributed by atoms with E-state index >= 15 is 0 Å². The topological polar surface area (TPSA) is 78.1 Å². The minimum atomic E-state index is -4.40.